The molecule has 0 aliphatic carbocycles. The second-order valence-corrected chi connectivity index (χ2v) is 15.2. The SMILES string of the molecule is Cc1nc2c(ncn2[C@@H]2O[C@@H]3COP(O)(=S)OCCn4c(nc5cc(Cl)cnc54)COP(O)(=S)O[C@@H]2[C@@H]3O)c(=O)[nH]1. The molecule has 4 N–H and O–H groups in total. The third kappa shape index (κ3) is 5.90. The minimum absolute atomic E-state index is 0.0147. The second kappa shape index (κ2) is 11.1. The number of H-pyrrole nitrogens is 1. The van der Waals surface area contributed by atoms with Crippen molar-refractivity contribution in [2.24, 2.45) is 0 Å². The van der Waals surface area contributed by atoms with E-state index in [1.165, 1.54) is 17.1 Å². The first-order chi connectivity index (χ1) is 19.4. The van der Waals surface area contributed by atoms with Crippen LogP contribution in [0.5, 0.6) is 0 Å². The van der Waals surface area contributed by atoms with E-state index in [1.54, 1.807) is 17.6 Å². The van der Waals surface area contributed by atoms with Crippen molar-refractivity contribution >= 4 is 71.0 Å². The Morgan fingerprint density at radius 1 is 1.15 bits per heavy atom. The lowest BCUT2D eigenvalue weighted by molar-refractivity contribution is -0.0483. The van der Waals surface area contributed by atoms with Gasteiger partial charge >= 0.3 is 13.4 Å². The molecule has 6 rings (SSSR count). The quantitative estimate of drug-likeness (QED) is 0.211. The topological polar surface area (TPSA) is 201 Å². The van der Waals surface area contributed by atoms with Crippen molar-refractivity contribution in [1.82, 2.24) is 34.1 Å². The number of aliphatic hydroxyl groups excluding tert-OH is 1. The molecule has 0 radical (unpaired) electrons. The van der Waals surface area contributed by atoms with Crippen molar-refractivity contribution in [3.8, 4) is 0 Å². The molecule has 220 valence electrons. The molecule has 2 unspecified atom stereocenters. The molecular weight excluding hydrogens is 644 g/mol. The minimum atomic E-state index is -4.07. The van der Waals surface area contributed by atoms with E-state index < -0.39 is 50.1 Å². The Hall–Kier alpha value is -1.76. The predicted molar refractivity (Wildman–Crippen MR) is 150 cm³/mol. The highest BCUT2D eigenvalue weighted by Gasteiger charge is 2.49. The smallest absolute Gasteiger partial charge is 0.325 e. The second-order valence-electron chi connectivity index (χ2n) is 9.12. The van der Waals surface area contributed by atoms with Crippen LogP contribution in [0.2, 0.25) is 5.02 Å². The van der Waals surface area contributed by atoms with Gasteiger partial charge in [-0.1, -0.05) is 11.6 Å². The van der Waals surface area contributed by atoms with Gasteiger partial charge in [0.25, 0.3) is 5.56 Å². The molecule has 21 heteroatoms. The summed E-state index contributed by atoms with van der Waals surface area (Å²) in [4.78, 5) is 53.9. The van der Waals surface area contributed by atoms with Crippen LogP contribution < -0.4 is 5.56 Å². The standard InChI is InChI=1S/C20H22ClN7O9P2S2/c1-9-24-18-14(19(30)25-9)23-8-28(18)20-16-15(29)12(36-20)6-34-38(31,40)33-3-2-27-13(7-35-39(32,41)37-16)26-11-4-10(21)5-22-17(11)27/h4-5,8,12,15-16,20,29H,2-3,6-7H2,1H3,(H,31,40)(H,32,41)(H,24,25,30)/t12-,15-,16-,20-,38?,39?/m1/s1. The van der Waals surface area contributed by atoms with Crippen molar-refractivity contribution in [2.45, 2.75) is 44.6 Å². The van der Waals surface area contributed by atoms with Gasteiger partial charge in [0.15, 0.2) is 23.0 Å². The Morgan fingerprint density at radius 3 is 2.76 bits per heavy atom. The fraction of sp³-hybridized carbons (Fsp3) is 0.450. The number of imidazole rings is 2. The number of ether oxygens (including phenoxy) is 1. The highest BCUT2D eigenvalue weighted by Crippen LogP contribution is 2.51. The maximum atomic E-state index is 12.4. The predicted octanol–water partition coefficient (Wildman–Crippen LogP) is 1.17. The number of hydrogen-bond acceptors (Lipinski definition) is 13. The van der Waals surface area contributed by atoms with Crippen molar-refractivity contribution in [3.05, 3.63) is 45.6 Å². The van der Waals surface area contributed by atoms with Gasteiger partial charge in [0.05, 0.1) is 24.6 Å². The molecule has 1 fully saturated rings. The van der Waals surface area contributed by atoms with Crippen LogP contribution in [0.1, 0.15) is 17.9 Å². The fourth-order valence-corrected chi connectivity index (χ4v) is 7.18. The van der Waals surface area contributed by atoms with Gasteiger partial charge in [-0.3, -0.25) is 13.9 Å². The number of nitrogens with one attached hydrogen (secondary N) is 1. The lowest BCUT2D eigenvalue weighted by atomic mass is 10.1. The third-order valence-electron chi connectivity index (χ3n) is 6.35. The fourth-order valence-electron chi connectivity index (χ4n) is 4.57. The van der Waals surface area contributed by atoms with Crippen LogP contribution >= 0.6 is 25.0 Å². The maximum absolute atomic E-state index is 12.4. The summed E-state index contributed by atoms with van der Waals surface area (Å²) in [6, 6.07) is 1.60. The summed E-state index contributed by atoms with van der Waals surface area (Å²) < 4.78 is 31.4. The number of hydrogen-bond donors (Lipinski definition) is 4. The lowest BCUT2D eigenvalue weighted by Crippen LogP contribution is -2.35. The van der Waals surface area contributed by atoms with Gasteiger partial charge in [-0.15, -0.1) is 0 Å². The molecule has 0 aromatic carbocycles. The van der Waals surface area contributed by atoms with Gasteiger partial charge in [0.2, 0.25) is 0 Å². The van der Waals surface area contributed by atoms with E-state index in [0.29, 0.717) is 27.8 Å². The van der Waals surface area contributed by atoms with E-state index >= 15 is 0 Å². The summed E-state index contributed by atoms with van der Waals surface area (Å²) in [7, 11) is 0. The molecule has 16 nitrogen and oxygen atoms in total. The highest BCUT2D eigenvalue weighted by molar-refractivity contribution is 8.07. The van der Waals surface area contributed by atoms with Crippen LogP contribution in [-0.4, -0.2) is 80.5 Å². The molecule has 0 spiro atoms. The molecule has 6 atom stereocenters. The molecule has 4 aromatic rings. The first-order valence-electron chi connectivity index (χ1n) is 12.0. The van der Waals surface area contributed by atoms with E-state index in [4.69, 9.17) is 58.0 Å². The number of fused-ring (bicyclic) bond motifs is 6. The molecule has 0 saturated carbocycles. The van der Waals surface area contributed by atoms with Crippen molar-refractivity contribution in [3.63, 3.8) is 0 Å². The number of aromatic amines is 1. The molecule has 2 aliphatic heterocycles. The Balaban J connectivity index is 1.38. The molecule has 4 aromatic heterocycles. The van der Waals surface area contributed by atoms with Crippen LogP contribution in [0.3, 0.4) is 0 Å². The minimum Gasteiger partial charge on any atom is -0.387 e. The number of nitrogens with zero attached hydrogens (tertiary/aromatic N) is 6. The van der Waals surface area contributed by atoms with E-state index in [2.05, 4.69) is 24.9 Å². The van der Waals surface area contributed by atoms with Gasteiger partial charge in [-0.05, 0) is 36.6 Å². The van der Waals surface area contributed by atoms with E-state index in [1.807, 2.05) is 0 Å². The Morgan fingerprint density at radius 2 is 1.95 bits per heavy atom. The zero-order chi connectivity index (χ0) is 29.1. The van der Waals surface area contributed by atoms with Crippen LogP contribution in [0, 0.1) is 6.92 Å². The van der Waals surface area contributed by atoms with Crippen LogP contribution in [0.25, 0.3) is 22.3 Å². The monoisotopic (exact) mass is 665 g/mol. The number of aryl methyl sites for hydroxylation is 1. The number of pyridine rings is 1. The number of rotatable bonds is 1. The van der Waals surface area contributed by atoms with Gasteiger partial charge < -0.3 is 42.8 Å². The third-order valence-corrected chi connectivity index (χ3v) is 9.71. The Labute approximate surface area is 245 Å². The average molecular weight is 666 g/mol. The van der Waals surface area contributed by atoms with Gasteiger partial charge in [0, 0.05) is 12.7 Å². The number of halogens is 1. The van der Waals surface area contributed by atoms with Crippen LogP contribution in [0.4, 0.5) is 0 Å². The summed E-state index contributed by atoms with van der Waals surface area (Å²) in [5.41, 5.74) is 0.546. The maximum Gasteiger partial charge on any atom is 0.325 e. The summed E-state index contributed by atoms with van der Waals surface area (Å²) >= 11 is 16.5. The lowest BCUT2D eigenvalue weighted by Gasteiger charge is -2.26. The Kier molecular flexibility index (Phi) is 7.91. The Bertz CT molecular complexity index is 1800. The highest BCUT2D eigenvalue weighted by atomic mass is 35.5. The van der Waals surface area contributed by atoms with Crippen molar-refractivity contribution in [2.75, 3.05) is 13.2 Å². The summed E-state index contributed by atoms with van der Waals surface area (Å²) in [5, 5.41) is 11.5. The molecule has 41 heavy (non-hydrogen) atoms. The van der Waals surface area contributed by atoms with E-state index in [0.717, 1.165) is 0 Å². The molecule has 6 heterocycles. The summed E-state index contributed by atoms with van der Waals surface area (Å²) in [6.07, 6.45) is -2.41. The number of aliphatic hydroxyl groups is 1. The first kappa shape index (κ1) is 29.3. The van der Waals surface area contributed by atoms with E-state index in [-0.39, 0.29) is 30.9 Å². The van der Waals surface area contributed by atoms with Gasteiger partial charge in [0.1, 0.15) is 42.1 Å². The summed E-state index contributed by atoms with van der Waals surface area (Å²) in [6.45, 7) is -6.96. The van der Waals surface area contributed by atoms with Crippen molar-refractivity contribution < 1.29 is 37.7 Å². The zero-order valence-electron chi connectivity index (χ0n) is 20.9. The molecule has 1 saturated heterocycles. The number of aromatic nitrogens is 7. The van der Waals surface area contributed by atoms with Gasteiger partial charge in [-0.2, -0.15) is 0 Å². The normalized spacial score (nSPS) is 31.6. The summed E-state index contributed by atoms with van der Waals surface area (Å²) in [5.74, 6) is 0.603. The average Bonchev–Trinajstić information content (AvgIpc) is 3.55. The van der Waals surface area contributed by atoms with Gasteiger partial charge in [-0.25, -0.2) is 19.9 Å². The molecule has 2 aliphatic rings. The molecule has 0 amide bonds. The van der Waals surface area contributed by atoms with E-state index in [9.17, 15) is 19.7 Å². The molecule has 2 bridgehead atoms. The van der Waals surface area contributed by atoms with Crippen LogP contribution in [0.15, 0.2) is 23.4 Å². The first-order valence-corrected chi connectivity index (χ1v) is 17.5. The van der Waals surface area contributed by atoms with Crippen LogP contribution in [-0.2, 0) is 59.6 Å². The molecular formula is C20H22ClN7O9P2S2. The largest absolute Gasteiger partial charge is 0.387 e. The zero-order valence-corrected chi connectivity index (χ0v) is 25.1. The van der Waals surface area contributed by atoms with Crippen molar-refractivity contribution in [1.29, 1.82) is 0 Å².